The summed E-state index contributed by atoms with van der Waals surface area (Å²) in [6.07, 6.45) is 0. The van der Waals surface area contributed by atoms with Gasteiger partial charge in [-0.05, 0) is 11.6 Å². The third-order valence-corrected chi connectivity index (χ3v) is 2.61. The molecule has 9 heteroatoms. The van der Waals surface area contributed by atoms with Gasteiger partial charge in [0.05, 0.1) is 11.9 Å². The zero-order valence-electron chi connectivity index (χ0n) is 8.24. The first kappa shape index (κ1) is 15.8. The third kappa shape index (κ3) is 3.66. The maximum atomic E-state index is 10.8. The number of hydrogen-bond donors (Lipinski definition) is 1. The van der Waals surface area contributed by atoms with Crippen molar-refractivity contribution >= 4 is 45.1 Å². The van der Waals surface area contributed by atoms with Crippen LogP contribution in [0.1, 0.15) is 20.7 Å². The van der Waals surface area contributed by atoms with Crippen LogP contribution in [0.3, 0.4) is 0 Å². The number of carboxylic acids is 2. The summed E-state index contributed by atoms with van der Waals surface area (Å²) in [5.41, 5.74) is -1.40. The minimum atomic E-state index is -4.85. The molecule has 0 unspecified atom stereocenters. The first-order valence-electron chi connectivity index (χ1n) is 3.77. The number of hydrogen-bond acceptors (Lipinski definition) is 6. The SMILES string of the molecule is O=C([O-])c1ccc(C(=O)[O-])c(S(=O)(=O)O)c1.[Mg+2]. The minimum absolute atomic E-state index is 0. The maximum Gasteiger partial charge on any atom is 2.00 e. The molecule has 17 heavy (non-hydrogen) atoms. The van der Waals surface area contributed by atoms with Crippen molar-refractivity contribution in [2.24, 2.45) is 0 Å². The number of rotatable bonds is 3. The van der Waals surface area contributed by atoms with Crippen LogP contribution in [0, 0.1) is 0 Å². The molecule has 0 spiro atoms. The van der Waals surface area contributed by atoms with Gasteiger partial charge in [-0.3, -0.25) is 4.55 Å². The maximum absolute atomic E-state index is 10.8. The molecule has 1 aromatic carbocycles. The van der Waals surface area contributed by atoms with E-state index in [1.54, 1.807) is 0 Å². The normalized spacial score (nSPS) is 10.4. The van der Waals surface area contributed by atoms with Crippen LogP contribution in [-0.2, 0) is 10.1 Å². The van der Waals surface area contributed by atoms with Crippen molar-refractivity contribution in [1.82, 2.24) is 0 Å². The van der Waals surface area contributed by atoms with Crippen LogP contribution in [0.15, 0.2) is 23.1 Å². The molecule has 7 nitrogen and oxygen atoms in total. The van der Waals surface area contributed by atoms with Crippen LogP contribution in [-0.4, -0.2) is 48.0 Å². The van der Waals surface area contributed by atoms with Gasteiger partial charge >= 0.3 is 23.1 Å². The van der Waals surface area contributed by atoms with Crippen molar-refractivity contribution in [2.75, 3.05) is 0 Å². The molecule has 1 N–H and O–H groups in total. The molecule has 0 aliphatic heterocycles. The van der Waals surface area contributed by atoms with E-state index in [-0.39, 0.29) is 23.1 Å². The molecular weight excluding hydrogens is 264 g/mol. The van der Waals surface area contributed by atoms with Crippen LogP contribution >= 0.6 is 0 Å². The quantitative estimate of drug-likeness (QED) is 0.465. The molecule has 0 atom stereocenters. The van der Waals surface area contributed by atoms with Crippen molar-refractivity contribution in [1.29, 1.82) is 0 Å². The van der Waals surface area contributed by atoms with E-state index in [2.05, 4.69) is 0 Å². The first-order valence-corrected chi connectivity index (χ1v) is 5.21. The smallest absolute Gasteiger partial charge is 0.545 e. The number of carboxylic acid groups (broad SMARTS) is 2. The van der Waals surface area contributed by atoms with E-state index in [0.29, 0.717) is 12.1 Å². The van der Waals surface area contributed by atoms with Crippen molar-refractivity contribution < 1.29 is 32.8 Å². The summed E-state index contributed by atoms with van der Waals surface area (Å²) >= 11 is 0. The van der Waals surface area contributed by atoms with Crippen LogP contribution < -0.4 is 10.2 Å². The molecule has 0 amide bonds. The van der Waals surface area contributed by atoms with Gasteiger partial charge in [0.15, 0.2) is 0 Å². The van der Waals surface area contributed by atoms with Crippen LogP contribution in [0.25, 0.3) is 0 Å². The Bertz CT molecular complexity index is 563. The van der Waals surface area contributed by atoms with E-state index in [4.69, 9.17) is 4.55 Å². The summed E-state index contributed by atoms with van der Waals surface area (Å²) in [6.45, 7) is 0. The molecule has 0 fully saturated rings. The van der Waals surface area contributed by atoms with Gasteiger partial charge in [-0.25, -0.2) is 0 Å². The second-order valence-corrected chi connectivity index (χ2v) is 4.15. The predicted molar refractivity (Wildman–Crippen MR) is 50.7 cm³/mol. The average Bonchev–Trinajstić information content (AvgIpc) is 2.15. The predicted octanol–water partition coefficient (Wildman–Crippen LogP) is -2.72. The second-order valence-electron chi connectivity index (χ2n) is 2.76. The van der Waals surface area contributed by atoms with Crippen molar-refractivity contribution in [3.05, 3.63) is 29.3 Å². The number of carbonyl (C=O) groups is 2. The van der Waals surface area contributed by atoms with Gasteiger partial charge in [-0.15, -0.1) is 0 Å². The summed E-state index contributed by atoms with van der Waals surface area (Å²) < 4.78 is 30.3. The summed E-state index contributed by atoms with van der Waals surface area (Å²) in [4.78, 5) is 19.9. The molecule has 0 aliphatic rings. The molecule has 0 radical (unpaired) electrons. The monoisotopic (exact) mass is 268 g/mol. The van der Waals surface area contributed by atoms with E-state index in [9.17, 15) is 28.2 Å². The molecule has 1 aromatic rings. The molecule has 0 saturated carbocycles. The van der Waals surface area contributed by atoms with Crippen molar-refractivity contribution in [3.8, 4) is 0 Å². The van der Waals surface area contributed by atoms with E-state index in [1.165, 1.54) is 0 Å². The topological polar surface area (TPSA) is 135 Å². The van der Waals surface area contributed by atoms with Crippen LogP contribution in [0.4, 0.5) is 0 Å². The van der Waals surface area contributed by atoms with Crippen molar-refractivity contribution in [3.63, 3.8) is 0 Å². The van der Waals surface area contributed by atoms with Gasteiger partial charge in [0, 0.05) is 5.56 Å². The Labute approximate surface area is 112 Å². The van der Waals surface area contributed by atoms with E-state index >= 15 is 0 Å². The molecule has 1 rings (SSSR count). The Balaban J connectivity index is 0.00000256. The summed E-state index contributed by atoms with van der Waals surface area (Å²) in [6, 6.07) is 2.01. The second kappa shape index (κ2) is 5.45. The van der Waals surface area contributed by atoms with E-state index in [1.807, 2.05) is 0 Å². The van der Waals surface area contributed by atoms with Crippen LogP contribution in [0.2, 0.25) is 0 Å². The molecule has 0 saturated heterocycles. The number of carbonyl (C=O) groups excluding carboxylic acids is 2. The standard InChI is InChI=1S/C8H6O7S.Mg/c9-7(10)4-1-2-5(8(11)12)6(3-4)16(13,14)15;/h1-3H,(H,9,10)(H,11,12)(H,13,14,15);/q;+2/p-2. The summed E-state index contributed by atoms with van der Waals surface area (Å²) in [5.74, 6) is -3.55. The Morgan fingerprint density at radius 1 is 1.12 bits per heavy atom. The van der Waals surface area contributed by atoms with Gasteiger partial charge in [0.25, 0.3) is 10.1 Å². The number of benzene rings is 1. The molecule has 0 aliphatic carbocycles. The summed E-state index contributed by atoms with van der Waals surface area (Å²) in [5, 5.41) is 20.9. The summed E-state index contributed by atoms with van der Waals surface area (Å²) in [7, 11) is -4.85. The number of aromatic carboxylic acids is 2. The Hall–Kier alpha value is -1.16. The van der Waals surface area contributed by atoms with Gasteiger partial charge < -0.3 is 19.8 Å². The minimum Gasteiger partial charge on any atom is -0.545 e. The molecular formula is C8H4MgO7S. The Kier molecular flexibility index (Phi) is 5.07. The Morgan fingerprint density at radius 2 is 1.65 bits per heavy atom. The zero-order chi connectivity index (χ0) is 12.5. The fourth-order valence-corrected chi connectivity index (χ4v) is 1.74. The Morgan fingerprint density at radius 3 is 2.00 bits per heavy atom. The largest absolute Gasteiger partial charge is 2.00 e. The van der Waals surface area contributed by atoms with E-state index in [0.717, 1.165) is 6.07 Å². The average molecular weight is 268 g/mol. The van der Waals surface area contributed by atoms with Crippen molar-refractivity contribution in [2.45, 2.75) is 4.90 Å². The first-order chi connectivity index (χ1) is 7.23. The third-order valence-electron chi connectivity index (χ3n) is 1.72. The fourth-order valence-electron chi connectivity index (χ4n) is 1.03. The zero-order valence-corrected chi connectivity index (χ0v) is 10.5. The molecule has 0 heterocycles. The molecule has 0 bridgehead atoms. The van der Waals surface area contributed by atoms with Gasteiger partial charge in [0.2, 0.25) is 0 Å². The van der Waals surface area contributed by atoms with Gasteiger partial charge in [-0.2, -0.15) is 8.42 Å². The van der Waals surface area contributed by atoms with E-state index < -0.39 is 38.1 Å². The van der Waals surface area contributed by atoms with Crippen LogP contribution in [0.5, 0.6) is 0 Å². The fraction of sp³-hybridized carbons (Fsp3) is 0. The molecule has 86 valence electrons. The molecule has 0 aromatic heterocycles. The van der Waals surface area contributed by atoms with Gasteiger partial charge in [-0.1, -0.05) is 12.1 Å². The van der Waals surface area contributed by atoms with Gasteiger partial charge in [0.1, 0.15) is 4.90 Å².